The van der Waals surface area contributed by atoms with Crippen molar-refractivity contribution in [3.05, 3.63) is 0 Å². The van der Waals surface area contributed by atoms with Gasteiger partial charge in [0.2, 0.25) is 0 Å². The highest BCUT2D eigenvalue weighted by molar-refractivity contribution is 5.36. The van der Waals surface area contributed by atoms with Crippen LogP contribution in [0.15, 0.2) is 0 Å². The van der Waals surface area contributed by atoms with E-state index in [9.17, 15) is 0 Å². The molecule has 5 nitrogen and oxygen atoms in total. The standard InChI is InChI=1S/C9H19N.C2H4O2.2C2H6.CH2O2.CH4/c1-8(2)5-6-9-4-3-7-10-9;1-4-2-3;2*1-2;2-1-3;/h8-10H,3-7H2,1-2H3;2H,1H3;2*1-2H3;1H,(H,2,3);1H4. The van der Waals surface area contributed by atoms with E-state index in [1.54, 1.807) is 0 Å². The Hall–Kier alpha value is -1.10. The molecule has 1 fully saturated rings. The first-order chi connectivity index (χ1) is 10.1. The van der Waals surface area contributed by atoms with E-state index < -0.39 is 0 Å². The summed E-state index contributed by atoms with van der Waals surface area (Å²) in [6.45, 7) is 14.0. The minimum Gasteiger partial charge on any atom is -0.483 e. The van der Waals surface area contributed by atoms with Crippen LogP contribution < -0.4 is 5.32 Å². The summed E-state index contributed by atoms with van der Waals surface area (Å²) in [5.41, 5.74) is 0. The molecule has 1 aliphatic rings. The van der Waals surface area contributed by atoms with Crippen molar-refractivity contribution in [1.82, 2.24) is 5.32 Å². The Morgan fingerprint density at radius 2 is 1.64 bits per heavy atom. The summed E-state index contributed by atoms with van der Waals surface area (Å²) < 4.78 is 3.86. The summed E-state index contributed by atoms with van der Waals surface area (Å²) in [5, 5.41) is 10.4. The average Bonchev–Trinajstić information content (AvgIpc) is 3.04. The molecule has 2 N–H and O–H groups in total. The minimum atomic E-state index is -0.250. The van der Waals surface area contributed by atoms with Gasteiger partial charge in [0.15, 0.2) is 0 Å². The third-order valence-corrected chi connectivity index (χ3v) is 2.35. The van der Waals surface area contributed by atoms with Crippen molar-refractivity contribution < 1.29 is 19.4 Å². The van der Waals surface area contributed by atoms with Crippen LogP contribution in [0.5, 0.6) is 0 Å². The fraction of sp³-hybridized carbons (Fsp3) is 0.882. The monoisotopic (exact) mass is 323 g/mol. The number of carbonyl (C=O) groups excluding carboxylic acids is 1. The van der Waals surface area contributed by atoms with E-state index >= 15 is 0 Å². The van der Waals surface area contributed by atoms with E-state index in [1.165, 1.54) is 39.3 Å². The van der Waals surface area contributed by atoms with Crippen molar-refractivity contribution in [3.63, 3.8) is 0 Å². The highest BCUT2D eigenvalue weighted by atomic mass is 16.5. The van der Waals surface area contributed by atoms with Gasteiger partial charge in [-0.2, -0.15) is 0 Å². The van der Waals surface area contributed by atoms with Gasteiger partial charge in [0, 0.05) is 6.04 Å². The normalized spacial score (nSPS) is 13.9. The number of carbonyl (C=O) groups is 2. The molecular weight excluding hydrogens is 282 g/mol. The second kappa shape index (κ2) is 36.8. The number of carboxylic acid groups (broad SMARTS) is 1. The Labute approximate surface area is 138 Å². The summed E-state index contributed by atoms with van der Waals surface area (Å²) in [4.78, 5) is 17.3. The highest BCUT2D eigenvalue weighted by Crippen LogP contribution is 2.13. The Kier molecular flexibility index (Phi) is 54.7. The predicted molar refractivity (Wildman–Crippen MR) is 96.3 cm³/mol. The van der Waals surface area contributed by atoms with Gasteiger partial charge in [-0.25, -0.2) is 0 Å². The van der Waals surface area contributed by atoms with Crippen LogP contribution >= 0.6 is 0 Å². The van der Waals surface area contributed by atoms with Gasteiger partial charge >= 0.3 is 0 Å². The Morgan fingerprint density at radius 1 is 1.23 bits per heavy atom. The zero-order valence-electron chi connectivity index (χ0n) is 15.0. The molecule has 1 heterocycles. The molecule has 1 unspecified atom stereocenters. The van der Waals surface area contributed by atoms with Crippen molar-refractivity contribution in [2.75, 3.05) is 13.7 Å². The van der Waals surface area contributed by atoms with Crippen LogP contribution in [0.1, 0.15) is 74.7 Å². The molecule has 0 amide bonds. The fourth-order valence-corrected chi connectivity index (χ4v) is 1.54. The maximum Gasteiger partial charge on any atom is 0.292 e. The van der Waals surface area contributed by atoms with Crippen LogP contribution in [0, 0.1) is 5.92 Å². The molecule has 0 spiro atoms. The van der Waals surface area contributed by atoms with E-state index in [2.05, 4.69) is 23.9 Å². The maximum atomic E-state index is 8.95. The van der Waals surface area contributed by atoms with E-state index in [4.69, 9.17) is 14.7 Å². The van der Waals surface area contributed by atoms with Crippen molar-refractivity contribution in [2.45, 2.75) is 80.7 Å². The van der Waals surface area contributed by atoms with Crippen molar-refractivity contribution in [1.29, 1.82) is 0 Å². The van der Waals surface area contributed by atoms with Gasteiger partial charge in [-0.3, -0.25) is 9.59 Å². The number of nitrogens with one attached hydrogen (secondary N) is 1. The molecule has 5 heteroatoms. The molecule has 0 aromatic heterocycles. The van der Waals surface area contributed by atoms with Gasteiger partial charge in [-0.05, 0) is 38.1 Å². The lowest BCUT2D eigenvalue weighted by Gasteiger charge is -2.10. The number of ether oxygens (including phenoxy) is 1. The largest absolute Gasteiger partial charge is 0.483 e. The zero-order chi connectivity index (χ0) is 17.5. The minimum absolute atomic E-state index is 0. The summed E-state index contributed by atoms with van der Waals surface area (Å²) in [5.74, 6) is 0.877. The van der Waals surface area contributed by atoms with Crippen LogP contribution in [0.2, 0.25) is 0 Å². The van der Waals surface area contributed by atoms with Crippen molar-refractivity contribution in [2.24, 2.45) is 5.92 Å². The van der Waals surface area contributed by atoms with Crippen LogP contribution in [0.4, 0.5) is 0 Å². The molecule has 0 aliphatic carbocycles. The molecular formula is C17H41NO4. The van der Waals surface area contributed by atoms with Crippen molar-refractivity contribution >= 4 is 12.9 Å². The third-order valence-electron chi connectivity index (χ3n) is 2.35. The summed E-state index contributed by atoms with van der Waals surface area (Å²) in [7, 11) is 1.31. The SMILES string of the molecule is C.CC.CC.CC(C)CCC1CCCN1.COC=O.O=CO. The lowest BCUT2D eigenvalue weighted by molar-refractivity contribution is -0.126. The number of hydrogen-bond donors (Lipinski definition) is 2. The smallest absolute Gasteiger partial charge is 0.292 e. The molecule has 0 aromatic carbocycles. The molecule has 0 bridgehead atoms. The number of rotatable bonds is 4. The van der Waals surface area contributed by atoms with Gasteiger partial charge in [0.25, 0.3) is 12.9 Å². The topological polar surface area (TPSA) is 75.6 Å². The first-order valence-electron chi connectivity index (χ1n) is 7.90. The van der Waals surface area contributed by atoms with Gasteiger partial charge in [0.1, 0.15) is 0 Å². The summed E-state index contributed by atoms with van der Waals surface area (Å²) >= 11 is 0. The van der Waals surface area contributed by atoms with E-state index in [1.807, 2.05) is 27.7 Å². The molecule has 1 rings (SSSR count). The van der Waals surface area contributed by atoms with Gasteiger partial charge in [-0.15, -0.1) is 0 Å². The number of hydrogen-bond acceptors (Lipinski definition) is 4. The van der Waals surface area contributed by atoms with E-state index in [0.29, 0.717) is 6.47 Å². The van der Waals surface area contributed by atoms with Crippen LogP contribution in [0.25, 0.3) is 0 Å². The van der Waals surface area contributed by atoms with Gasteiger partial charge < -0.3 is 15.2 Å². The summed E-state index contributed by atoms with van der Waals surface area (Å²) in [6.07, 6.45) is 5.57. The van der Waals surface area contributed by atoms with Gasteiger partial charge in [-0.1, -0.05) is 49.0 Å². The summed E-state index contributed by atoms with van der Waals surface area (Å²) in [6, 6.07) is 0.849. The predicted octanol–water partition coefficient (Wildman–Crippen LogP) is 4.35. The fourth-order valence-electron chi connectivity index (χ4n) is 1.54. The molecule has 0 saturated carbocycles. The molecule has 1 atom stereocenters. The molecule has 0 aromatic rings. The molecule has 1 aliphatic heterocycles. The maximum absolute atomic E-state index is 8.95. The Balaban J connectivity index is -0.0000000683. The second-order valence-corrected chi connectivity index (χ2v) is 4.20. The quantitative estimate of drug-likeness (QED) is 0.752. The number of methoxy groups -OCH3 is 1. The first kappa shape index (κ1) is 32.7. The van der Waals surface area contributed by atoms with Crippen LogP contribution in [0.3, 0.4) is 0 Å². The Bertz CT molecular complexity index is 170. The lowest BCUT2D eigenvalue weighted by atomic mass is 10.0. The molecule has 22 heavy (non-hydrogen) atoms. The van der Waals surface area contributed by atoms with Crippen LogP contribution in [-0.2, 0) is 14.3 Å². The highest BCUT2D eigenvalue weighted by Gasteiger charge is 2.13. The molecule has 1 saturated heterocycles. The zero-order valence-corrected chi connectivity index (χ0v) is 15.0. The Morgan fingerprint density at radius 3 is 1.86 bits per heavy atom. The molecule has 0 radical (unpaired) electrons. The van der Waals surface area contributed by atoms with E-state index in [-0.39, 0.29) is 13.9 Å². The van der Waals surface area contributed by atoms with Crippen molar-refractivity contribution in [3.8, 4) is 0 Å². The lowest BCUT2D eigenvalue weighted by Crippen LogP contribution is -2.21. The average molecular weight is 324 g/mol. The first-order valence-corrected chi connectivity index (χ1v) is 7.90. The third kappa shape index (κ3) is 42.8. The van der Waals surface area contributed by atoms with E-state index in [0.717, 1.165) is 12.0 Å². The second-order valence-electron chi connectivity index (χ2n) is 4.20. The van der Waals surface area contributed by atoms with Gasteiger partial charge in [0.05, 0.1) is 7.11 Å². The molecule has 138 valence electrons. The van der Waals surface area contributed by atoms with Crippen LogP contribution in [-0.4, -0.2) is 37.7 Å².